The van der Waals surface area contributed by atoms with Crippen molar-refractivity contribution < 1.29 is 4.74 Å². The topological polar surface area (TPSA) is 47.0 Å². The van der Waals surface area contributed by atoms with E-state index in [0.717, 1.165) is 38.6 Å². The summed E-state index contributed by atoms with van der Waals surface area (Å²) in [6, 6.07) is 14.5. The minimum Gasteiger partial charge on any atom is -0.494 e. The van der Waals surface area contributed by atoms with Crippen LogP contribution in [0.4, 0.5) is 11.5 Å². The molecule has 1 N–H and O–H groups in total. The van der Waals surface area contributed by atoms with Gasteiger partial charge in [0, 0.05) is 16.6 Å². The van der Waals surface area contributed by atoms with Crippen LogP contribution in [-0.4, -0.2) is 16.6 Å². The standard InChI is InChI=1S/C22H21N3OS/c1-4-26-17-8-6-16(7-9-17)18-12-27-22-20(18)21(23-13-24-22)25-19-10-5-14(2)11-15(19)3/h5-13H,4H2,1-3H3,(H,23,24,25). The highest BCUT2D eigenvalue weighted by Crippen LogP contribution is 2.38. The number of aryl methyl sites for hydroxylation is 2. The zero-order valence-electron chi connectivity index (χ0n) is 15.6. The highest BCUT2D eigenvalue weighted by Gasteiger charge is 2.14. The third kappa shape index (κ3) is 3.51. The second-order valence-electron chi connectivity index (χ2n) is 6.45. The molecule has 0 fully saturated rings. The van der Waals surface area contributed by atoms with Crippen LogP contribution in [0, 0.1) is 13.8 Å². The Bertz CT molecular complexity index is 1090. The summed E-state index contributed by atoms with van der Waals surface area (Å²) in [4.78, 5) is 9.96. The van der Waals surface area contributed by atoms with E-state index in [2.05, 4.69) is 64.8 Å². The van der Waals surface area contributed by atoms with Gasteiger partial charge in [0.1, 0.15) is 22.7 Å². The smallest absolute Gasteiger partial charge is 0.143 e. The zero-order chi connectivity index (χ0) is 18.8. The molecule has 2 heterocycles. The van der Waals surface area contributed by atoms with Gasteiger partial charge in [-0.2, -0.15) is 0 Å². The molecule has 0 aliphatic heterocycles. The zero-order valence-corrected chi connectivity index (χ0v) is 16.4. The van der Waals surface area contributed by atoms with E-state index in [4.69, 9.17) is 4.74 Å². The summed E-state index contributed by atoms with van der Waals surface area (Å²) in [5.41, 5.74) is 5.76. The number of nitrogens with zero attached hydrogens (tertiary/aromatic N) is 2. The Labute approximate surface area is 162 Å². The molecule has 0 saturated heterocycles. The fraction of sp³-hybridized carbons (Fsp3) is 0.182. The summed E-state index contributed by atoms with van der Waals surface area (Å²) >= 11 is 1.63. The molecule has 0 spiro atoms. The van der Waals surface area contributed by atoms with Gasteiger partial charge in [-0.05, 0) is 50.1 Å². The molecule has 0 aliphatic rings. The quantitative estimate of drug-likeness (QED) is 0.457. The van der Waals surface area contributed by atoms with Crippen LogP contribution >= 0.6 is 11.3 Å². The number of benzene rings is 2. The Hall–Kier alpha value is -2.92. The van der Waals surface area contributed by atoms with Crippen molar-refractivity contribution in [2.75, 3.05) is 11.9 Å². The number of aromatic nitrogens is 2. The Kier molecular flexibility index (Phi) is 4.77. The van der Waals surface area contributed by atoms with Gasteiger partial charge in [-0.15, -0.1) is 11.3 Å². The van der Waals surface area contributed by atoms with Crippen molar-refractivity contribution in [2.24, 2.45) is 0 Å². The third-order valence-corrected chi connectivity index (χ3v) is 5.37. The number of hydrogen-bond acceptors (Lipinski definition) is 5. The fourth-order valence-electron chi connectivity index (χ4n) is 3.16. The number of nitrogens with one attached hydrogen (secondary N) is 1. The number of ether oxygens (including phenoxy) is 1. The van der Waals surface area contributed by atoms with Crippen LogP contribution < -0.4 is 10.1 Å². The summed E-state index contributed by atoms with van der Waals surface area (Å²) in [6.45, 7) is 6.86. The van der Waals surface area contributed by atoms with Crippen molar-refractivity contribution in [3.63, 3.8) is 0 Å². The molecule has 2 aromatic heterocycles. The molecule has 5 heteroatoms. The largest absolute Gasteiger partial charge is 0.494 e. The monoisotopic (exact) mass is 375 g/mol. The summed E-state index contributed by atoms with van der Waals surface area (Å²) in [6.07, 6.45) is 1.62. The lowest BCUT2D eigenvalue weighted by Gasteiger charge is -2.11. The van der Waals surface area contributed by atoms with E-state index in [1.807, 2.05) is 19.1 Å². The molecule has 0 saturated carbocycles. The van der Waals surface area contributed by atoms with Gasteiger partial charge in [0.05, 0.1) is 12.0 Å². The van der Waals surface area contributed by atoms with E-state index >= 15 is 0 Å². The molecule has 0 atom stereocenters. The van der Waals surface area contributed by atoms with Crippen LogP contribution in [0.2, 0.25) is 0 Å². The number of thiophene rings is 1. The summed E-state index contributed by atoms with van der Waals surface area (Å²) in [5.74, 6) is 1.71. The normalized spacial score (nSPS) is 10.9. The first kappa shape index (κ1) is 17.5. The highest BCUT2D eigenvalue weighted by molar-refractivity contribution is 7.17. The maximum absolute atomic E-state index is 5.56. The average molecular weight is 375 g/mol. The van der Waals surface area contributed by atoms with Crippen molar-refractivity contribution in [3.8, 4) is 16.9 Å². The third-order valence-electron chi connectivity index (χ3n) is 4.48. The van der Waals surface area contributed by atoms with Gasteiger partial charge in [0.25, 0.3) is 0 Å². The molecule has 4 aromatic rings. The second-order valence-corrected chi connectivity index (χ2v) is 7.31. The van der Waals surface area contributed by atoms with E-state index < -0.39 is 0 Å². The Balaban J connectivity index is 1.77. The predicted octanol–water partition coefficient (Wildman–Crippen LogP) is 6.12. The Morgan fingerprint density at radius 1 is 1.04 bits per heavy atom. The van der Waals surface area contributed by atoms with Crippen molar-refractivity contribution in [3.05, 3.63) is 65.3 Å². The first-order valence-electron chi connectivity index (χ1n) is 8.95. The molecular formula is C22H21N3OS. The number of rotatable bonds is 5. The van der Waals surface area contributed by atoms with Crippen molar-refractivity contribution >= 4 is 33.1 Å². The maximum Gasteiger partial charge on any atom is 0.143 e. The molecule has 0 unspecified atom stereocenters. The van der Waals surface area contributed by atoms with Gasteiger partial charge >= 0.3 is 0 Å². The molecule has 0 amide bonds. The minimum atomic E-state index is 0.665. The van der Waals surface area contributed by atoms with Crippen LogP contribution in [0.3, 0.4) is 0 Å². The minimum absolute atomic E-state index is 0.665. The summed E-state index contributed by atoms with van der Waals surface area (Å²) < 4.78 is 5.56. The predicted molar refractivity (Wildman–Crippen MR) is 113 cm³/mol. The molecule has 4 nitrogen and oxygen atoms in total. The van der Waals surface area contributed by atoms with Gasteiger partial charge in [0.15, 0.2) is 0 Å². The molecule has 136 valence electrons. The Morgan fingerprint density at radius 3 is 2.59 bits per heavy atom. The molecule has 4 rings (SSSR count). The lowest BCUT2D eigenvalue weighted by molar-refractivity contribution is 0.340. The number of anilines is 2. The van der Waals surface area contributed by atoms with Crippen LogP contribution in [0.25, 0.3) is 21.3 Å². The maximum atomic E-state index is 5.56. The van der Waals surface area contributed by atoms with Crippen LogP contribution in [0.15, 0.2) is 54.2 Å². The van der Waals surface area contributed by atoms with Gasteiger partial charge in [-0.1, -0.05) is 29.8 Å². The number of fused-ring (bicyclic) bond motifs is 1. The molecule has 0 bridgehead atoms. The summed E-state index contributed by atoms with van der Waals surface area (Å²) in [5, 5.41) is 6.69. The van der Waals surface area contributed by atoms with Gasteiger partial charge in [-0.25, -0.2) is 9.97 Å². The van der Waals surface area contributed by atoms with Gasteiger partial charge in [-0.3, -0.25) is 0 Å². The van der Waals surface area contributed by atoms with Crippen LogP contribution in [-0.2, 0) is 0 Å². The van der Waals surface area contributed by atoms with Crippen molar-refractivity contribution in [1.82, 2.24) is 9.97 Å². The van der Waals surface area contributed by atoms with Crippen LogP contribution in [0.1, 0.15) is 18.1 Å². The van der Waals surface area contributed by atoms with Crippen molar-refractivity contribution in [2.45, 2.75) is 20.8 Å². The van der Waals surface area contributed by atoms with E-state index in [9.17, 15) is 0 Å². The molecule has 2 aromatic carbocycles. The number of hydrogen-bond donors (Lipinski definition) is 1. The van der Waals surface area contributed by atoms with Crippen LogP contribution in [0.5, 0.6) is 5.75 Å². The van der Waals surface area contributed by atoms with E-state index in [1.165, 1.54) is 11.1 Å². The lowest BCUT2D eigenvalue weighted by atomic mass is 10.1. The van der Waals surface area contributed by atoms with Crippen molar-refractivity contribution in [1.29, 1.82) is 0 Å². The van der Waals surface area contributed by atoms with Gasteiger partial charge < -0.3 is 10.1 Å². The van der Waals surface area contributed by atoms with E-state index in [-0.39, 0.29) is 0 Å². The Morgan fingerprint density at radius 2 is 1.85 bits per heavy atom. The molecule has 27 heavy (non-hydrogen) atoms. The summed E-state index contributed by atoms with van der Waals surface area (Å²) in [7, 11) is 0. The lowest BCUT2D eigenvalue weighted by Crippen LogP contribution is -1.97. The van der Waals surface area contributed by atoms with Gasteiger partial charge in [0.2, 0.25) is 0 Å². The fourth-order valence-corrected chi connectivity index (χ4v) is 4.08. The SMILES string of the molecule is CCOc1ccc(-c2csc3ncnc(Nc4ccc(C)cc4C)c23)cc1. The van der Waals surface area contributed by atoms with E-state index in [0.29, 0.717) is 6.61 Å². The molecule has 0 radical (unpaired) electrons. The van der Waals surface area contributed by atoms with E-state index in [1.54, 1.807) is 17.7 Å². The second kappa shape index (κ2) is 7.37. The first-order chi connectivity index (χ1) is 13.2. The molecule has 0 aliphatic carbocycles. The average Bonchev–Trinajstić information content (AvgIpc) is 3.10. The molecular weight excluding hydrogens is 354 g/mol. The first-order valence-corrected chi connectivity index (χ1v) is 9.83. The highest BCUT2D eigenvalue weighted by atomic mass is 32.1.